The topological polar surface area (TPSA) is 68.9 Å². The van der Waals surface area contributed by atoms with Crippen LogP contribution in [0.3, 0.4) is 0 Å². The minimum atomic E-state index is 0.226. The molecule has 0 bridgehead atoms. The second-order valence-electron chi connectivity index (χ2n) is 5.62. The Morgan fingerprint density at radius 2 is 2.27 bits per heavy atom. The van der Waals surface area contributed by atoms with Crippen LogP contribution in [0.2, 0.25) is 0 Å². The van der Waals surface area contributed by atoms with Gasteiger partial charge in [-0.25, -0.2) is 4.99 Å². The second kappa shape index (κ2) is 7.92. The van der Waals surface area contributed by atoms with E-state index in [2.05, 4.69) is 30.2 Å². The number of nitrogens with one attached hydrogen (secondary N) is 1. The average Bonchev–Trinajstić information content (AvgIpc) is 2.84. The van der Waals surface area contributed by atoms with Crippen LogP contribution in [-0.2, 0) is 13.0 Å². The van der Waals surface area contributed by atoms with Crippen molar-refractivity contribution in [1.82, 2.24) is 5.32 Å². The summed E-state index contributed by atoms with van der Waals surface area (Å²) in [6, 6.07) is 4.11. The zero-order chi connectivity index (χ0) is 15.9. The van der Waals surface area contributed by atoms with Crippen LogP contribution in [0, 0.1) is 0 Å². The molecule has 0 fully saturated rings. The highest BCUT2D eigenvalue weighted by molar-refractivity contribution is 5.77. The van der Waals surface area contributed by atoms with Crippen molar-refractivity contribution in [3.8, 4) is 11.5 Å². The van der Waals surface area contributed by atoms with Gasteiger partial charge in [0.1, 0.15) is 17.6 Å². The molecule has 1 atom stereocenters. The molecule has 1 aromatic rings. The average molecular weight is 305 g/mol. The highest BCUT2D eigenvalue weighted by Gasteiger charge is 2.21. The number of nitrogens with two attached hydrogens (primary N) is 1. The van der Waals surface area contributed by atoms with E-state index >= 15 is 0 Å². The Morgan fingerprint density at radius 3 is 3.00 bits per heavy atom. The summed E-state index contributed by atoms with van der Waals surface area (Å²) in [4.78, 5) is 4.40. The zero-order valence-corrected chi connectivity index (χ0v) is 13.8. The summed E-state index contributed by atoms with van der Waals surface area (Å²) in [5, 5.41) is 3.12. The molecule has 5 heteroatoms. The molecule has 22 heavy (non-hydrogen) atoms. The fourth-order valence-corrected chi connectivity index (χ4v) is 2.51. The van der Waals surface area contributed by atoms with Crippen LogP contribution >= 0.6 is 0 Å². The number of fused-ring (bicyclic) bond motifs is 1. The van der Waals surface area contributed by atoms with Gasteiger partial charge in [0.15, 0.2) is 5.96 Å². The molecule has 1 aliphatic rings. The summed E-state index contributed by atoms with van der Waals surface area (Å²) in [6.45, 7) is 8.19. The van der Waals surface area contributed by atoms with Crippen molar-refractivity contribution >= 4 is 5.96 Å². The van der Waals surface area contributed by atoms with E-state index < -0.39 is 0 Å². The van der Waals surface area contributed by atoms with E-state index in [1.165, 1.54) is 5.56 Å². The van der Waals surface area contributed by atoms with Gasteiger partial charge < -0.3 is 20.5 Å². The Labute approximate surface area is 132 Å². The molecule has 3 N–H and O–H groups in total. The lowest BCUT2D eigenvalue weighted by Gasteiger charge is -2.12. The fourth-order valence-electron chi connectivity index (χ4n) is 2.51. The van der Waals surface area contributed by atoms with Crippen LogP contribution in [-0.4, -0.2) is 25.2 Å². The largest absolute Gasteiger partial charge is 0.494 e. The van der Waals surface area contributed by atoms with Gasteiger partial charge in [0.05, 0.1) is 13.2 Å². The van der Waals surface area contributed by atoms with Crippen molar-refractivity contribution in [2.75, 3.05) is 13.2 Å². The molecule has 1 heterocycles. The Balaban J connectivity index is 2.09. The van der Waals surface area contributed by atoms with Gasteiger partial charge in [0, 0.05) is 24.1 Å². The van der Waals surface area contributed by atoms with Crippen molar-refractivity contribution in [2.24, 2.45) is 10.7 Å². The smallest absolute Gasteiger partial charge is 0.188 e. The van der Waals surface area contributed by atoms with Crippen LogP contribution in [0.15, 0.2) is 17.1 Å². The molecule has 1 unspecified atom stereocenters. The van der Waals surface area contributed by atoms with Crippen LogP contribution in [0.4, 0.5) is 0 Å². The lowest BCUT2D eigenvalue weighted by molar-refractivity contribution is 0.254. The van der Waals surface area contributed by atoms with E-state index in [0.29, 0.717) is 19.1 Å². The van der Waals surface area contributed by atoms with Crippen molar-refractivity contribution in [2.45, 2.75) is 52.7 Å². The monoisotopic (exact) mass is 305 g/mol. The van der Waals surface area contributed by atoms with Crippen molar-refractivity contribution in [1.29, 1.82) is 0 Å². The number of guanidine groups is 1. The summed E-state index contributed by atoms with van der Waals surface area (Å²) in [6.07, 6.45) is 3.38. The number of hydrogen-bond acceptors (Lipinski definition) is 3. The Morgan fingerprint density at radius 1 is 1.45 bits per heavy atom. The van der Waals surface area contributed by atoms with E-state index in [1.54, 1.807) is 0 Å². The molecule has 0 radical (unpaired) electrons. The molecular formula is C17H27N3O2. The normalized spacial score (nSPS) is 17.0. The minimum absolute atomic E-state index is 0.226. The third kappa shape index (κ3) is 4.29. The molecule has 0 amide bonds. The van der Waals surface area contributed by atoms with Crippen molar-refractivity contribution in [3.63, 3.8) is 0 Å². The number of aliphatic imine (C=N–C) groups is 1. The highest BCUT2D eigenvalue weighted by atomic mass is 16.5. The number of rotatable bonds is 7. The lowest BCUT2D eigenvalue weighted by Crippen LogP contribution is -2.32. The molecule has 5 nitrogen and oxygen atoms in total. The number of nitrogens with zero attached hydrogens (tertiary/aromatic N) is 1. The maximum Gasteiger partial charge on any atom is 0.188 e. The summed E-state index contributed by atoms with van der Waals surface area (Å²) in [5.74, 6) is 2.30. The molecule has 1 aromatic carbocycles. The van der Waals surface area contributed by atoms with Crippen LogP contribution in [0.1, 0.15) is 44.7 Å². The third-order valence-corrected chi connectivity index (χ3v) is 3.64. The number of ether oxygens (including phenoxy) is 2. The SMILES string of the molecule is CCCCNC(N)=NCc1cc2c(cc1OCC)CC(C)O2. The van der Waals surface area contributed by atoms with Gasteiger partial charge in [-0.3, -0.25) is 0 Å². The van der Waals surface area contributed by atoms with Gasteiger partial charge in [-0.05, 0) is 32.4 Å². The minimum Gasteiger partial charge on any atom is -0.494 e. The predicted molar refractivity (Wildman–Crippen MR) is 89.6 cm³/mol. The van der Waals surface area contributed by atoms with Crippen molar-refractivity contribution in [3.05, 3.63) is 23.3 Å². The van der Waals surface area contributed by atoms with Gasteiger partial charge in [-0.15, -0.1) is 0 Å². The van der Waals surface area contributed by atoms with E-state index in [4.69, 9.17) is 15.2 Å². The molecule has 0 spiro atoms. The summed E-state index contributed by atoms with van der Waals surface area (Å²) in [5.41, 5.74) is 8.10. The first-order valence-electron chi connectivity index (χ1n) is 8.13. The highest BCUT2D eigenvalue weighted by Crippen LogP contribution is 2.35. The Hall–Kier alpha value is -1.91. The van der Waals surface area contributed by atoms with Crippen LogP contribution < -0.4 is 20.5 Å². The quantitative estimate of drug-likeness (QED) is 0.461. The lowest BCUT2D eigenvalue weighted by atomic mass is 10.1. The first-order valence-corrected chi connectivity index (χ1v) is 8.13. The van der Waals surface area contributed by atoms with Gasteiger partial charge in [0.25, 0.3) is 0 Å². The summed E-state index contributed by atoms with van der Waals surface area (Å²) < 4.78 is 11.6. The van der Waals surface area contributed by atoms with Crippen molar-refractivity contribution < 1.29 is 9.47 Å². The molecule has 0 aliphatic carbocycles. The molecular weight excluding hydrogens is 278 g/mol. The third-order valence-electron chi connectivity index (χ3n) is 3.64. The number of unbranched alkanes of at least 4 members (excludes halogenated alkanes) is 1. The summed E-state index contributed by atoms with van der Waals surface area (Å²) >= 11 is 0. The van der Waals surface area contributed by atoms with Gasteiger partial charge in [0.2, 0.25) is 0 Å². The number of hydrogen-bond donors (Lipinski definition) is 2. The van der Waals surface area contributed by atoms with Crippen LogP contribution in [0.25, 0.3) is 0 Å². The maximum atomic E-state index is 5.89. The van der Waals surface area contributed by atoms with E-state index in [0.717, 1.165) is 42.9 Å². The first kappa shape index (κ1) is 16.5. The van der Waals surface area contributed by atoms with E-state index in [9.17, 15) is 0 Å². The van der Waals surface area contributed by atoms with Gasteiger partial charge in [-0.2, -0.15) is 0 Å². The fraction of sp³-hybridized carbons (Fsp3) is 0.588. The van der Waals surface area contributed by atoms with Gasteiger partial charge >= 0.3 is 0 Å². The van der Waals surface area contributed by atoms with E-state index in [-0.39, 0.29) is 6.10 Å². The van der Waals surface area contributed by atoms with E-state index in [1.807, 2.05) is 13.0 Å². The molecule has 1 aliphatic heterocycles. The Kier molecular flexibility index (Phi) is 5.92. The molecule has 0 saturated carbocycles. The number of benzene rings is 1. The standard InChI is InChI=1S/C17H27N3O2/c1-4-6-7-19-17(18)20-11-14-10-16-13(8-12(3)22-16)9-15(14)21-5-2/h9-10,12H,4-8,11H2,1-3H3,(H3,18,19,20). The molecule has 0 aromatic heterocycles. The maximum absolute atomic E-state index is 5.89. The molecule has 0 saturated heterocycles. The Bertz CT molecular complexity index is 529. The summed E-state index contributed by atoms with van der Waals surface area (Å²) in [7, 11) is 0. The first-order chi connectivity index (χ1) is 10.6. The van der Waals surface area contributed by atoms with Crippen LogP contribution in [0.5, 0.6) is 11.5 Å². The predicted octanol–water partition coefficient (Wildman–Crippen LogP) is 2.61. The molecule has 122 valence electrons. The van der Waals surface area contributed by atoms with Gasteiger partial charge in [-0.1, -0.05) is 13.3 Å². The molecule has 2 rings (SSSR count). The second-order valence-corrected chi connectivity index (χ2v) is 5.62. The zero-order valence-electron chi connectivity index (χ0n) is 13.8.